The lowest BCUT2D eigenvalue weighted by Crippen LogP contribution is -2.44. The minimum Gasteiger partial charge on any atom is -0.744 e. The molecule has 0 saturated carbocycles. The van der Waals surface area contributed by atoms with E-state index in [1.54, 1.807) is 12.1 Å². The molecule has 0 aliphatic carbocycles. The molecule has 182 valence electrons. The summed E-state index contributed by atoms with van der Waals surface area (Å²) in [4.78, 5) is -0.178. The molecule has 0 amide bonds. The number of rotatable bonds is 16. The molecule has 0 atom stereocenters. The van der Waals surface area contributed by atoms with Crippen molar-refractivity contribution in [2.24, 2.45) is 0 Å². The number of aryl methyl sites for hydroxylation is 1. The van der Waals surface area contributed by atoms with E-state index in [1.165, 1.54) is 102 Å². The predicted molar refractivity (Wildman–Crippen MR) is 133 cm³/mol. The van der Waals surface area contributed by atoms with E-state index in [0.29, 0.717) is 0 Å². The Morgan fingerprint density at radius 2 is 1.16 bits per heavy atom. The molecule has 0 spiro atoms. The van der Waals surface area contributed by atoms with E-state index in [-0.39, 0.29) is 4.90 Å². The average molecular weight is 476 g/mol. The average Bonchev–Trinajstić information content (AvgIpc) is 2.73. The fourth-order valence-electron chi connectivity index (χ4n) is 3.48. The lowest BCUT2D eigenvalue weighted by molar-refractivity contribution is -0.899. The summed E-state index contributed by atoms with van der Waals surface area (Å²) >= 11 is 6.21. The molecular weight excluding hydrogens is 430 g/mol. The third-order valence-corrected chi connectivity index (χ3v) is 7.13. The minimum absolute atomic E-state index is 0.178. The summed E-state index contributed by atoms with van der Waals surface area (Å²) in [6.07, 6.45) is 16.6. The number of alkyl halides is 1. The zero-order valence-electron chi connectivity index (χ0n) is 20.4. The Bertz CT molecular complexity index is 631. The Morgan fingerprint density at radius 3 is 1.52 bits per heavy atom. The van der Waals surface area contributed by atoms with Crippen LogP contribution in [-0.4, -0.2) is 43.6 Å². The van der Waals surface area contributed by atoms with Crippen molar-refractivity contribution in [1.29, 1.82) is 0 Å². The van der Waals surface area contributed by atoms with Crippen LogP contribution in [0.5, 0.6) is 0 Å². The molecule has 0 aliphatic rings. The van der Waals surface area contributed by atoms with Crippen LogP contribution < -0.4 is 0 Å². The number of quaternary nitrogens is 1. The predicted octanol–water partition coefficient (Wildman–Crippen LogP) is 7.25. The molecule has 0 aliphatic heterocycles. The third kappa shape index (κ3) is 16.6. The molecule has 4 nitrogen and oxygen atoms in total. The Kier molecular flexibility index (Phi) is 17.5. The Morgan fingerprint density at radius 1 is 0.774 bits per heavy atom. The summed E-state index contributed by atoms with van der Waals surface area (Å²) in [5.74, 6) is 0. The van der Waals surface area contributed by atoms with E-state index in [4.69, 9.17) is 11.6 Å². The minimum atomic E-state index is -4.27. The van der Waals surface area contributed by atoms with Gasteiger partial charge in [-0.05, 0) is 44.7 Å². The van der Waals surface area contributed by atoms with Gasteiger partial charge >= 0.3 is 0 Å². The Hall–Kier alpha value is -0.620. The monoisotopic (exact) mass is 475 g/mol. The van der Waals surface area contributed by atoms with Crippen molar-refractivity contribution in [2.75, 3.05) is 26.1 Å². The van der Waals surface area contributed by atoms with Crippen LogP contribution in [0.25, 0.3) is 0 Å². The summed E-state index contributed by atoms with van der Waals surface area (Å²) in [6, 6.07) is 6.56. The molecule has 0 fully saturated rings. The van der Waals surface area contributed by atoms with Crippen LogP contribution in [0.3, 0.4) is 0 Å². The van der Waals surface area contributed by atoms with Crippen molar-refractivity contribution >= 4 is 21.7 Å². The molecule has 0 saturated heterocycles. The maximum atomic E-state index is 10.4. The molecule has 31 heavy (non-hydrogen) atoms. The van der Waals surface area contributed by atoms with Crippen LogP contribution in [0.4, 0.5) is 0 Å². The highest BCUT2D eigenvalue weighted by atomic mass is 35.5. The number of halogens is 1. The van der Waals surface area contributed by atoms with Gasteiger partial charge < -0.3 is 9.04 Å². The molecule has 1 aromatic carbocycles. The van der Waals surface area contributed by atoms with Gasteiger partial charge in [-0.25, -0.2) is 8.42 Å². The second-order valence-electron chi connectivity index (χ2n) is 8.99. The van der Waals surface area contributed by atoms with E-state index >= 15 is 0 Å². The summed E-state index contributed by atoms with van der Waals surface area (Å²) in [7, 11) is -1.93. The molecule has 0 radical (unpaired) electrons. The van der Waals surface area contributed by atoms with Crippen LogP contribution >= 0.6 is 11.6 Å². The summed E-state index contributed by atoms with van der Waals surface area (Å²) in [6.45, 7) is 8.92. The van der Waals surface area contributed by atoms with Crippen molar-refractivity contribution in [3.05, 3.63) is 29.8 Å². The van der Waals surface area contributed by atoms with Gasteiger partial charge in [0.25, 0.3) is 0 Å². The van der Waals surface area contributed by atoms with E-state index in [0.717, 1.165) is 16.1 Å². The zero-order valence-corrected chi connectivity index (χ0v) is 21.9. The number of nitrogens with zero attached hydrogens (tertiary/aromatic N) is 1. The number of benzene rings is 1. The van der Waals surface area contributed by atoms with Crippen molar-refractivity contribution in [3.8, 4) is 0 Å². The van der Waals surface area contributed by atoms with Crippen molar-refractivity contribution in [3.63, 3.8) is 0 Å². The van der Waals surface area contributed by atoms with Crippen molar-refractivity contribution < 1.29 is 17.5 Å². The number of unbranched alkanes of at least 4 members (excludes halogenated alkanes) is 10. The quantitative estimate of drug-likeness (QED) is 0.0831. The number of hydrogen-bond acceptors (Lipinski definition) is 3. The SMILES string of the molecule is CCCCCCCC[N+](C)(CCl)CCCCCCCC.Cc1ccc(S(=O)(=O)[O-])cc1. The normalized spacial score (nSPS) is 11.8. The third-order valence-electron chi connectivity index (χ3n) is 5.70. The van der Waals surface area contributed by atoms with E-state index in [9.17, 15) is 13.0 Å². The lowest BCUT2D eigenvalue weighted by Gasteiger charge is -2.32. The van der Waals surface area contributed by atoms with Gasteiger partial charge in [0.2, 0.25) is 0 Å². The molecule has 1 rings (SSSR count). The highest BCUT2D eigenvalue weighted by molar-refractivity contribution is 7.85. The first kappa shape index (κ1) is 30.4. The molecule has 0 unspecified atom stereocenters. The van der Waals surface area contributed by atoms with Gasteiger partial charge in [0, 0.05) is 0 Å². The van der Waals surface area contributed by atoms with Gasteiger partial charge in [-0.3, -0.25) is 0 Å². The molecule has 0 bridgehead atoms. The molecule has 0 heterocycles. The number of hydrogen-bond donors (Lipinski definition) is 0. The van der Waals surface area contributed by atoms with Crippen LogP contribution in [-0.2, 0) is 10.1 Å². The molecule has 0 N–H and O–H groups in total. The second-order valence-corrected chi connectivity index (χ2v) is 10.6. The standard InChI is InChI=1S/C18H39ClN.C7H8O3S/c1-4-6-8-10-12-14-16-20(3,18-19)17-15-13-11-9-7-5-2;1-6-2-4-7(5-3-6)11(8,9)10/h4-18H2,1-3H3;2-5H,1H3,(H,8,9,10)/q+1;/p-1. The first-order valence-corrected chi connectivity index (χ1v) is 14.0. The van der Waals surface area contributed by atoms with E-state index in [2.05, 4.69) is 20.9 Å². The molecule has 1 aromatic rings. The van der Waals surface area contributed by atoms with Crippen LogP contribution in [0.1, 0.15) is 96.5 Å². The maximum Gasteiger partial charge on any atom is 0.154 e. The highest BCUT2D eigenvalue weighted by Gasteiger charge is 2.18. The Balaban J connectivity index is 0.000000683. The van der Waals surface area contributed by atoms with Gasteiger partial charge in [-0.2, -0.15) is 0 Å². The largest absolute Gasteiger partial charge is 0.744 e. The van der Waals surface area contributed by atoms with Gasteiger partial charge in [0.15, 0.2) is 6.00 Å². The van der Waals surface area contributed by atoms with Crippen LogP contribution in [0.15, 0.2) is 29.2 Å². The fourth-order valence-corrected chi connectivity index (χ4v) is 4.19. The first-order valence-electron chi connectivity index (χ1n) is 12.1. The van der Waals surface area contributed by atoms with E-state index < -0.39 is 10.1 Å². The summed E-state index contributed by atoms with van der Waals surface area (Å²) in [5.41, 5.74) is 0.928. The van der Waals surface area contributed by atoms with Gasteiger partial charge in [-0.15, -0.1) is 0 Å². The van der Waals surface area contributed by atoms with Crippen LogP contribution in [0.2, 0.25) is 0 Å². The maximum absolute atomic E-state index is 10.4. The van der Waals surface area contributed by atoms with Crippen LogP contribution in [0, 0.1) is 6.92 Å². The summed E-state index contributed by atoms with van der Waals surface area (Å²) in [5, 5.41) is 0. The highest BCUT2D eigenvalue weighted by Crippen LogP contribution is 2.14. The van der Waals surface area contributed by atoms with Crippen molar-refractivity contribution in [1.82, 2.24) is 0 Å². The lowest BCUT2D eigenvalue weighted by atomic mass is 10.1. The molecule has 6 heteroatoms. The van der Waals surface area contributed by atoms with Gasteiger partial charge in [0.05, 0.1) is 25.0 Å². The van der Waals surface area contributed by atoms with Crippen molar-refractivity contribution in [2.45, 2.75) is 103 Å². The smallest absolute Gasteiger partial charge is 0.154 e. The molecular formula is C25H46ClNO3S. The summed E-state index contributed by atoms with van der Waals surface area (Å²) < 4.78 is 32.2. The zero-order chi connectivity index (χ0) is 23.6. The molecule has 0 aromatic heterocycles. The Labute approximate surface area is 197 Å². The van der Waals surface area contributed by atoms with Gasteiger partial charge in [0.1, 0.15) is 10.1 Å². The van der Waals surface area contributed by atoms with E-state index in [1.807, 2.05) is 6.92 Å². The second kappa shape index (κ2) is 17.9. The van der Waals surface area contributed by atoms with Gasteiger partial charge in [-0.1, -0.05) is 94.5 Å². The topological polar surface area (TPSA) is 57.2 Å². The fraction of sp³-hybridized carbons (Fsp3) is 0.760. The first-order chi connectivity index (χ1) is 14.7.